The van der Waals surface area contributed by atoms with Gasteiger partial charge < -0.3 is 4.42 Å². The van der Waals surface area contributed by atoms with E-state index in [1.807, 2.05) is 36.4 Å². The minimum Gasteiger partial charge on any atom is -0.446 e. The number of hydrogen-bond acceptors (Lipinski definition) is 3. The fourth-order valence-corrected chi connectivity index (χ4v) is 2.69. The highest BCUT2D eigenvalue weighted by atomic mass is 35.5. The van der Waals surface area contributed by atoms with Crippen molar-refractivity contribution in [2.75, 3.05) is 0 Å². The van der Waals surface area contributed by atoms with Crippen molar-refractivity contribution in [3.8, 4) is 22.4 Å². The molecule has 0 fully saturated rings. The van der Waals surface area contributed by atoms with E-state index in [0.29, 0.717) is 5.71 Å². The molecule has 0 N–H and O–H groups in total. The molecule has 0 radical (unpaired) electrons. The van der Waals surface area contributed by atoms with Crippen LogP contribution in [0, 0.1) is 0 Å². The van der Waals surface area contributed by atoms with E-state index in [0.717, 1.165) is 27.8 Å². The quantitative estimate of drug-likeness (QED) is 0.477. The maximum Gasteiger partial charge on any atom is 0.230 e. The van der Waals surface area contributed by atoms with Gasteiger partial charge in [0.1, 0.15) is 0 Å². The molecule has 0 aliphatic rings. The van der Waals surface area contributed by atoms with Crippen molar-refractivity contribution in [3.05, 3.63) is 72.2 Å². The van der Waals surface area contributed by atoms with Crippen LogP contribution in [0.2, 0.25) is 5.28 Å². The summed E-state index contributed by atoms with van der Waals surface area (Å²) in [5, 5.41) is 1.04. The molecule has 0 atom stereocenters. The van der Waals surface area contributed by atoms with Crippen molar-refractivity contribution < 1.29 is 4.42 Å². The van der Waals surface area contributed by atoms with Gasteiger partial charge in [0.15, 0.2) is 0 Å². The van der Waals surface area contributed by atoms with E-state index < -0.39 is 0 Å². The van der Waals surface area contributed by atoms with E-state index >= 15 is 0 Å². The first kappa shape index (κ1) is 13.0. The van der Waals surface area contributed by atoms with Crippen molar-refractivity contribution in [1.82, 2.24) is 9.97 Å². The lowest BCUT2D eigenvalue weighted by molar-refractivity contribution is 0.602. The van der Waals surface area contributed by atoms with E-state index in [-0.39, 0.29) is 5.28 Å². The molecule has 0 saturated heterocycles. The minimum absolute atomic E-state index is 0.183. The van der Waals surface area contributed by atoms with Crippen molar-refractivity contribution in [1.29, 1.82) is 0 Å². The van der Waals surface area contributed by atoms with Crippen molar-refractivity contribution in [2.24, 2.45) is 0 Å². The highest BCUT2D eigenvalue weighted by Crippen LogP contribution is 2.30. The van der Waals surface area contributed by atoms with Gasteiger partial charge in [0.2, 0.25) is 11.0 Å². The summed E-state index contributed by atoms with van der Waals surface area (Å²) in [7, 11) is 0. The van der Waals surface area contributed by atoms with Crippen LogP contribution < -0.4 is 0 Å². The van der Waals surface area contributed by atoms with E-state index in [1.165, 1.54) is 0 Å². The van der Waals surface area contributed by atoms with Crippen molar-refractivity contribution in [2.45, 2.75) is 0 Å². The van der Waals surface area contributed by atoms with E-state index in [2.05, 4.69) is 34.2 Å². The third-order valence-electron chi connectivity index (χ3n) is 3.54. The molecular formula is C18H11ClN2O. The fourth-order valence-electron chi connectivity index (χ4n) is 2.53. The SMILES string of the molecule is Clc1nc(-c2cccc(-c3ccccc3)c2)c2ccoc2n1. The number of aromatic nitrogens is 2. The number of nitrogens with zero attached hydrogens (tertiary/aromatic N) is 2. The molecule has 4 aromatic rings. The zero-order valence-electron chi connectivity index (χ0n) is 11.5. The molecule has 3 nitrogen and oxygen atoms in total. The first-order valence-electron chi connectivity index (χ1n) is 6.88. The third kappa shape index (κ3) is 2.26. The molecule has 0 spiro atoms. The Hall–Kier alpha value is -2.65. The van der Waals surface area contributed by atoms with Gasteiger partial charge in [-0.2, -0.15) is 4.98 Å². The molecule has 0 bridgehead atoms. The number of rotatable bonds is 2. The predicted molar refractivity (Wildman–Crippen MR) is 87.7 cm³/mol. The lowest BCUT2D eigenvalue weighted by Crippen LogP contribution is -1.89. The van der Waals surface area contributed by atoms with Gasteiger partial charge in [-0.15, -0.1) is 0 Å². The summed E-state index contributed by atoms with van der Waals surface area (Å²) in [5.74, 6) is 0. The summed E-state index contributed by atoms with van der Waals surface area (Å²) in [5.41, 5.74) is 4.55. The molecule has 0 saturated carbocycles. The van der Waals surface area contributed by atoms with E-state index in [4.69, 9.17) is 16.0 Å². The summed E-state index contributed by atoms with van der Waals surface area (Å²) >= 11 is 6.01. The Balaban J connectivity index is 1.91. The molecule has 2 aromatic carbocycles. The molecule has 4 heteroatoms. The maximum atomic E-state index is 6.01. The zero-order chi connectivity index (χ0) is 14.9. The van der Waals surface area contributed by atoms with E-state index in [1.54, 1.807) is 6.26 Å². The molecule has 0 aliphatic heterocycles. The van der Waals surface area contributed by atoms with Crippen molar-refractivity contribution in [3.63, 3.8) is 0 Å². The Morgan fingerprint density at radius 1 is 0.773 bits per heavy atom. The zero-order valence-corrected chi connectivity index (χ0v) is 12.3. The van der Waals surface area contributed by atoms with Crippen LogP contribution >= 0.6 is 11.6 Å². The normalized spacial score (nSPS) is 11.0. The van der Waals surface area contributed by atoms with Crippen LogP contribution in [0.3, 0.4) is 0 Å². The molecule has 0 amide bonds. The van der Waals surface area contributed by atoms with Gasteiger partial charge in [-0.1, -0.05) is 48.5 Å². The molecule has 106 valence electrons. The van der Waals surface area contributed by atoms with Gasteiger partial charge >= 0.3 is 0 Å². The van der Waals surface area contributed by atoms with E-state index in [9.17, 15) is 0 Å². The van der Waals surface area contributed by atoms with Gasteiger partial charge in [0.25, 0.3) is 0 Å². The number of halogens is 1. The smallest absolute Gasteiger partial charge is 0.230 e. The number of benzene rings is 2. The monoisotopic (exact) mass is 306 g/mol. The second-order valence-corrected chi connectivity index (χ2v) is 5.27. The summed E-state index contributed by atoms with van der Waals surface area (Å²) in [6.07, 6.45) is 1.60. The molecule has 2 aromatic heterocycles. The van der Waals surface area contributed by atoms with Crippen molar-refractivity contribution >= 4 is 22.7 Å². The lowest BCUT2D eigenvalue weighted by Gasteiger charge is -2.06. The first-order valence-corrected chi connectivity index (χ1v) is 7.26. The number of fused-ring (bicyclic) bond motifs is 1. The topological polar surface area (TPSA) is 38.9 Å². The maximum absolute atomic E-state index is 6.01. The standard InChI is InChI=1S/C18H11ClN2O/c19-18-20-16(15-9-10-22-17(15)21-18)14-8-4-7-13(11-14)12-5-2-1-3-6-12/h1-11H. The molecular weight excluding hydrogens is 296 g/mol. The average Bonchev–Trinajstić information content (AvgIpc) is 3.03. The highest BCUT2D eigenvalue weighted by molar-refractivity contribution is 6.28. The van der Waals surface area contributed by atoms with Crippen LogP contribution in [0.15, 0.2) is 71.3 Å². The molecule has 4 rings (SSSR count). The Morgan fingerprint density at radius 3 is 2.41 bits per heavy atom. The van der Waals surface area contributed by atoms with Crippen LogP contribution in [0.1, 0.15) is 0 Å². The van der Waals surface area contributed by atoms with Gasteiger partial charge in [-0.3, -0.25) is 0 Å². The summed E-state index contributed by atoms with van der Waals surface area (Å²) < 4.78 is 5.34. The molecule has 0 aliphatic carbocycles. The van der Waals surface area contributed by atoms with Gasteiger partial charge in [-0.25, -0.2) is 4.98 Å². The van der Waals surface area contributed by atoms with Crippen LogP contribution in [-0.4, -0.2) is 9.97 Å². The number of hydrogen-bond donors (Lipinski definition) is 0. The third-order valence-corrected chi connectivity index (χ3v) is 3.71. The van der Waals surface area contributed by atoms with Gasteiger partial charge in [0.05, 0.1) is 17.3 Å². The highest BCUT2D eigenvalue weighted by Gasteiger charge is 2.11. The first-order chi connectivity index (χ1) is 10.8. The molecule has 2 heterocycles. The van der Waals surface area contributed by atoms with Gasteiger partial charge in [0, 0.05) is 5.56 Å². The van der Waals surface area contributed by atoms with Crippen LogP contribution in [0.5, 0.6) is 0 Å². The lowest BCUT2D eigenvalue weighted by atomic mass is 10.0. The second kappa shape index (κ2) is 5.28. The van der Waals surface area contributed by atoms with Crippen LogP contribution in [0.4, 0.5) is 0 Å². The minimum atomic E-state index is 0.183. The van der Waals surface area contributed by atoms with Gasteiger partial charge in [-0.05, 0) is 34.9 Å². The Morgan fingerprint density at radius 2 is 1.55 bits per heavy atom. The van der Waals surface area contributed by atoms with Crippen LogP contribution in [0.25, 0.3) is 33.5 Å². The Labute approximate surface area is 132 Å². The molecule has 22 heavy (non-hydrogen) atoms. The fraction of sp³-hybridized carbons (Fsp3) is 0. The Kier molecular flexibility index (Phi) is 3.13. The predicted octanol–water partition coefficient (Wildman–Crippen LogP) is 5.21. The summed E-state index contributed by atoms with van der Waals surface area (Å²) in [6.45, 7) is 0. The summed E-state index contributed by atoms with van der Waals surface area (Å²) in [4.78, 5) is 8.46. The molecule has 0 unspecified atom stereocenters. The van der Waals surface area contributed by atoms with Crippen LogP contribution in [-0.2, 0) is 0 Å². The Bertz CT molecular complexity index is 948. The average molecular weight is 307 g/mol. The largest absolute Gasteiger partial charge is 0.446 e. The number of furan rings is 1. The second-order valence-electron chi connectivity index (χ2n) is 4.93. The summed E-state index contributed by atoms with van der Waals surface area (Å²) in [6, 6.07) is 20.3.